The molecular weight excluding hydrogens is 374 g/mol. The molecule has 6 nitrogen and oxygen atoms in total. The smallest absolute Gasteiger partial charge is 0.276 e. The Morgan fingerprint density at radius 1 is 1.00 bits per heavy atom. The van der Waals surface area contributed by atoms with Crippen molar-refractivity contribution in [1.82, 2.24) is 10.9 Å². The zero-order chi connectivity index (χ0) is 17.4. The van der Waals surface area contributed by atoms with Crippen molar-refractivity contribution in [2.45, 2.75) is 6.42 Å². The number of ether oxygens (including phenoxy) is 1. The molecule has 0 aliphatic rings. The van der Waals surface area contributed by atoms with E-state index < -0.39 is 5.91 Å². The van der Waals surface area contributed by atoms with E-state index in [-0.39, 0.29) is 18.9 Å². The van der Waals surface area contributed by atoms with E-state index in [1.807, 2.05) is 30.3 Å². The molecule has 0 spiro atoms. The summed E-state index contributed by atoms with van der Waals surface area (Å²) in [4.78, 5) is 23.4. The summed E-state index contributed by atoms with van der Waals surface area (Å²) < 4.78 is 6.18. The molecule has 2 amide bonds. The molecule has 0 aliphatic carbocycles. The van der Waals surface area contributed by atoms with Crippen molar-refractivity contribution < 1.29 is 14.3 Å². The van der Waals surface area contributed by atoms with Gasteiger partial charge in [-0.25, -0.2) is 0 Å². The van der Waals surface area contributed by atoms with E-state index >= 15 is 0 Å². The van der Waals surface area contributed by atoms with Crippen molar-refractivity contribution in [2.24, 2.45) is 0 Å². The lowest BCUT2D eigenvalue weighted by atomic mass is 10.1. The first-order chi connectivity index (χ1) is 11.6. The van der Waals surface area contributed by atoms with Gasteiger partial charge in [-0.2, -0.15) is 5.26 Å². The monoisotopic (exact) mass is 387 g/mol. The van der Waals surface area contributed by atoms with Crippen LogP contribution in [0.4, 0.5) is 0 Å². The van der Waals surface area contributed by atoms with Gasteiger partial charge in [-0.1, -0.05) is 28.1 Å². The Bertz CT molecular complexity index is 752. The van der Waals surface area contributed by atoms with Gasteiger partial charge in [0.15, 0.2) is 6.61 Å². The van der Waals surface area contributed by atoms with Crippen LogP contribution in [0.1, 0.15) is 11.1 Å². The second kappa shape index (κ2) is 8.70. The highest BCUT2D eigenvalue weighted by Gasteiger charge is 2.07. The third kappa shape index (κ3) is 5.74. The van der Waals surface area contributed by atoms with Gasteiger partial charge in [-0.15, -0.1) is 0 Å². The van der Waals surface area contributed by atoms with Crippen LogP contribution in [0.3, 0.4) is 0 Å². The summed E-state index contributed by atoms with van der Waals surface area (Å²) in [5, 5.41) is 8.69. The van der Waals surface area contributed by atoms with Crippen LogP contribution in [0.15, 0.2) is 53.0 Å². The van der Waals surface area contributed by atoms with E-state index in [4.69, 9.17) is 10.00 Å². The highest BCUT2D eigenvalue weighted by atomic mass is 79.9. The van der Waals surface area contributed by atoms with Crippen molar-refractivity contribution in [1.29, 1.82) is 5.26 Å². The Morgan fingerprint density at radius 3 is 2.25 bits per heavy atom. The Hall–Kier alpha value is -2.85. The molecule has 2 N–H and O–H groups in total. The van der Waals surface area contributed by atoms with E-state index in [0.717, 1.165) is 10.0 Å². The number of benzene rings is 2. The molecule has 0 heterocycles. The molecule has 0 fully saturated rings. The van der Waals surface area contributed by atoms with Gasteiger partial charge < -0.3 is 4.74 Å². The number of hydrazine groups is 1. The van der Waals surface area contributed by atoms with Gasteiger partial charge in [0, 0.05) is 4.47 Å². The zero-order valence-corrected chi connectivity index (χ0v) is 14.2. The van der Waals surface area contributed by atoms with E-state index in [9.17, 15) is 9.59 Å². The van der Waals surface area contributed by atoms with Gasteiger partial charge in [0.2, 0.25) is 5.91 Å². The zero-order valence-electron chi connectivity index (χ0n) is 12.6. The number of nitrogens with zero attached hydrogens (tertiary/aromatic N) is 1. The van der Waals surface area contributed by atoms with Crippen LogP contribution in [-0.4, -0.2) is 18.4 Å². The average Bonchev–Trinajstić information content (AvgIpc) is 2.60. The lowest BCUT2D eigenvalue weighted by molar-refractivity contribution is -0.129. The fourth-order valence-corrected chi connectivity index (χ4v) is 2.05. The molecule has 122 valence electrons. The van der Waals surface area contributed by atoms with Gasteiger partial charge in [0.05, 0.1) is 18.1 Å². The minimum absolute atomic E-state index is 0.157. The quantitative estimate of drug-likeness (QED) is 0.768. The predicted octanol–water partition coefficient (Wildman–Crippen LogP) is 2.09. The maximum atomic E-state index is 11.7. The summed E-state index contributed by atoms with van der Waals surface area (Å²) >= 11 is 3.32. The fourth-order valence-electron chi connectivity index (χ4n) is 1.78. The van der Waals surface area contributed by atoms with E-state index in [1.165, 1.54) is 0 Å². The topological polar surface area (TPSA) is 91.2 Å². The molecule has 0 bridgehead atoms. The molecule has 0 radical (unpaired) electrons. The van der Waals surface area contributed by atoms with Crippen molar-refractivity contribution in [3.05, 3.63) is 64.1 Å². The van der Waals surface area contributed by atoms with E-state index in [1.54, 1.807) is 24.3 Å². The van der Waals surface area contributed by atoms with Crippen molar-refractivity contribution in [3.63, 3.8) is 0 Å². The number of hydrogen-bond donors (Lipinski definition) is 2. The lowest BCUT2D eigenvalue weighted by Crippen LogP contribution is -2.44. The summed E-state index contributed by atoms with van der Waals surface area (Å²) in [5.74, 6) is -0.349. The van der Waals surface area contributed by atoms with Gasteiger partial charge in [0.1, 0.15) is 5.75 Å². The Labute approximate surface area is 147 Å². The summed E-state index contributed by atoms with van der Waals surface area (Å²) in [7, 11) is 0. The number of amides is 2. The largest absolute Gasteiger partial charge is 0.484 e. The molecule has 0 aromatic heterocycles. The van der Waals surface area contributed by atoms with Gasteiger partial charge >= 0.3 is 0 Å². The molecule has 0 saturated heterocycles. The standard InChI is InChI=1S/C17H14BrN3O3/c18-14-5-1-12(2-6-14)9-16(22)20-21-17(23)11-24-15-7-3-13(10-19)4-8-15/h1-8H,9,11H2,(H,20,22)(H,21,23). The van der Waals surface area contributed by atoms with Gasteiger partial charge in [-0.3, -0.25) is 20.4 Å². The highest BCUT2D eigenvalue weighted by molar-refractivity contribution is 9.10. The van der Waals surface area contributed by atoms with E-state index in [2.05, 4.69) is 26.8 Å². The Morgan fingerprint density at radius 2 is 1.62 bits per heavy atom. The third-order valence-corrected chi connectivity index (χ3v) is 3.50. The number of nitriles is 1. The minimum atomic E-state index is -0.483. The Balaban J connectivity index is 1.71. The molecule has 0 unspecified atom stereocenters. The molecule has 0 aliphatic heterocycles. The lowest BCUT2D eigenvalue weighted by Gasteiger charge is -2.09. The normalized spacial score (nSPS) is 9.67. The highest BCUT2D eigenvalue weighted by Crippen LogP contribution is 2.11. The maximum absolute atomic E-state index is 11.7. The molecule has 24 heavy (non-hydrogen) atoms. The van der Waals surface area contributed by atoms with E-state index in [0.29, 0.717) is 11.3 Å². The first-order valence-electron chi connectivity index (χ1n) is 7.02. The molecule has 2 aromatic rings. The summed E-state index contributed by atoms with van der Waals surface area (Å²) in [5.41, 5.74) is 5.95. The minimum Gasteiger partial charge on any atom is -0.484 e. The second-order valence-electron chi connectivity index (χ2n) is 4.82. The fraction of sp³-hybridized carbons (Fsp3) is 0.118. The van der Waals surface area contributed by atoms with Crippen LogP contribution in [0.5, 0.6) is 5.75 Å². The average molecular weight is 388 g/mol. The molecule has 7 heteroatoms. The van der Waals surface area contributed by atoms with Crippen LogP contribution >= 0.6 is 15.9 Å². The molecule has 0 atom stereocenters. The van der Waals surface area contributed by atoms with Crippen molar-refractivity contribution >= 4 is 27.7 Å². The van der Waals surface area contributed by atoms with Gasteiger partial charge in [0.25, 0.3) is 5.91 Å². The van der Waals surface area contributed by atoms with Crippen molar-refractivity contribution in [2.75, 3.05) is 6.61 Å². The first-order valence-corrected chi connectivity index (χ1v) is 7.81. The van der Waals surface area contributed by atoms with Crippen LogP contribution < -0.4 is 15.6 Å². The summed E-state index contributed by atoms with van der Waals surface area (Å²) in [6.45, 7) is -0.246. The third-order valence-electron chi connectivity index (χ3n) is 2.97. The number of halogens is 1. The number of carbonyl (C=O) groups excluding carboxylic acids is 2. The SMILES string of the molecule is N#Cc1ccc(OCC(=O)NNC(=O)Cc2ccc(Br)cc2)cc1. The van der Waals surface area contributed by atoms with Crippen LogP contribution in [-0.2, 0) is 16.0 Å². The first kappa shape index (κ1) is 17.5. The molecule has 2 aromatic carbocycles. The summed E-state index contributed by atoms with van der Waals surface area (Å²) in [6.07, 6.45) is 0.157. The number of rotatable bonds is 5. The predicted molar refractivity (Wildman–Crippen MR) is 90.8 cm³/mol. The second-order valence-corrected chi connectivity index (χ2v) is 5.74. The van der Waals surface area contributed by atoms with Crippen molar-refractivity contribution in [3.8, 4) is 11.8 Å². The number of nitrogens with one attached hydrogen (secondary N) is 2. The van der Waals surface area contributed by atoms with Crippen LogP contribution in [0.25, 0.3) is 0 Å². The number of hydrogen-bond acceptors (Lipinski definition) is 4. The summed E-state index contributed by atoms with van der Waals surface area (Å²) in [6, 6.07) is 15.7. The van der Waals surface area contributed by atoms with Crippen LogP contribution in [0, 0.1) is 11.3 Å². The molecule has 0 saturated carbocycles. The van der Waals surface area contributed by atoms with Crippen LogP contribution in [0.2, 0.25) is 0 Å². The Kier molecular flexibility index (Phi) is 6.34. The maximum Gasteiger partial charge on any atom is 0.276 e. The molecule has 2 rings (SSSR count). The van der Waals surface area contributed by atoms with Gasteiger partial charge in [-0.05, 0) is 42.0 Å². The number of carbonyl (C=O) groups is 2. The molecular formula is C17H14BrN3O3.